The van der Waals surface area contributed by atoms with Gasteiger partial charge in [-0.3, -0.25) is 0 Å². The standard InChI is InChI=1S/C8H13B/c1-3-7-5-8(9)4-6(7)2/h7-8H,2-5H2,1H3/t7-,8+/m0/s1. The third-order valence-corrected chi connectivity index (χ3v) is 2.18. The lowest BCUT2D eigenvalue weighted by Crippen LogP contribution is -1.91. The van der Waals surface area contributed by atoms with Gasteiger partial charge in [-0.1, -0.05) is 31.3 Å². The molecule has 0 bridgehead atoms. The highest BCUT2D eigenvalue weighted by Crippen LogP contribution is 2.38. The van der Waals surface area contributed by atoms with Gasteiger partial charge >= 0.3 is 0 Å². The molecule has 0 aromatic heterocycles. The van der Waals surface area contributed by atoms with E-state index < -0.39 is 0 Å². The van der Waals surface area contributed by atoms with Gasteiger partial charge in [0.15, 0.2) is 0 Å². The zero-order valence-electron chi connectivity index (χ0n) is 6.06. The third-order valence-electron chi connectivity index (χ3n) is 2.18. The Hall–Kier alpha value is -0.195. The number of hydrogen-bond acceptors (Lipinski definition) is 0. The van der Waals surface area contributed by atoms with E-state index in [-0.39, 0.29) is 0 Å². The molecule has 1 fully saturated rings. The van der Waals surface area contributed by atoms with Gasteiger partial charge in [-0.25, -0.2) is 0 Å². The first-order valence-electron chi connectivity index (χ1n) is 3.67. The monoisotopic (exact) mass is 120 g/mol. The Morgan fingerprint density at radius 3 is 2.67 bits per heavy atom. The van der Waals surface area contributed by atoms with E-state index in [0.29, 0.717) is 5.82 Å². The number of allylic oxidation sites excluding steroid dienone is 1. The van der Waals surface area contributed by atoms with Crippen molar-refractivity contribution in [1.82, 2.24) is 0 Å². The molecule has 9 heavy (non-hydrogen) atoms. The first kappa shape index (κ1) is 6.92. The van der Waals surface area contributed by atoms with Gasteiger partial charge in [-0.2, -0.15) is 0 Å². The third kappa shape index (κ3) is 1.38. The van der Waals surface area contributed by atoms with E-state index in [1.165, 1.54) is 12.0 Å². The minimum atomic E-state index is 0.405. The van der Waals surface area contributed by atoms with Crippen LogP contribution in [0.25, 0.3) is 0 Å². The molecule has 0 nitrogen and oxygen atoms in total. The molecule has 0 N–H and O–H groups in total. The summed E-state index contributed by atoms with van der Waals surface area (Å²) in [6, 6.07) is 0. The van der Waals surface area contributed by atoms with Crippen LogP contribution in [0.4, 0.5) is 0 Å². The fourth-order valence-electron chi connectivity index (χ4n) is 1.57. The smallest absolute Gasteiger partial charge is 0.0704 e. The first-order chi connectivity index (χ1) is 4.24. The average molecular weight is 120 g/mol. The maximum Gasteiger partial charge on any atom is 0.0704 e. The van der Waals surface area contributed by atoms with Crippen LogP contribution in [0.2, 0.25) is 5.82 Å². The van der Waals surface area contributed by atoms with E-state index in [0.717, 1.165) is 18.8 Å². The van der Waals surface area contributed by atoms with Gasteiger partial charge in [-0.15, -0.1) is 0 Å². The van der Waals surface area contributed by atoms with Crippen LogP contribution in [0.5, 0.6) is 0 Å². The molecule has 0 unspecified atom stereocenters. The molecule has 0 aromatic rings. The molecular formula is C8H13B. The highest BCUT2D eigenvalue weighted by atomic mass is 14.2. The van der Waals surface area contributed by atoms with Crippen LogP contribution >= 0.6 is 0 Å². The molecule has 48 valence electrons. The van der Waals surface area contributed by atoms with E-state index in [4.69, 9.17) is 7.85 Å². The van der Waals surface area contributed by atoms with E-state index in [1.807, 2.05) is 0 Å². The minimum Gasteiger partial charge on any atom is -0.0996 e. The van der Waals surface area contributed by atoms with E-state index in [2.05, 4.69) is 13.5 Å². The Morgan fingerprint density at radius 2 is 2.44 bits per heavy atom. The molecule has 0 heterocycles. The molecular weight excluding hydrogens is 107 g/mol. The van der Waals surface area contributed by atoms with Crippen LogP contribution in [-0.4, -0.2) is 7.85 Å². The zero-order valence-corrected chi connectivity index (χ0v) is 6.06. The summed E-state index contributed by atoms with van der Waals surface area (Å²) in [5.41, 5.74) is 1.37. The quantitative estimate of drug-likeness (QED) is 0.368. The fourth-order valence-corrected chi connectivity index (χ4v) is 1.57. The molecule has 0 aromatic carbocycles. The lowest BCUT2D eigenvalue weighted by Gasteiger charge is -2.04. The lowest BCUT2D eigenvalue weighted by atomic mass is 9.85. The van der Waals surface area contributed by atoms with Gasteiger partial charge in [0, 0.05) is 0 Å². The number of rotatable bonds is 1. The van der Waals surface area contributed by atoms with Crippen LogP contribution in [0.3, 0.4) is 0 Å². The van der Waals surface area contributed by atoms with Gasteiger partial charge < -0.3 is 0 Å². The Morgan fingerprint density at radius 1 is 1.78 bits per heavy atom. The second-order valence-corrected chi connectivity index (χ2v) is 2.96. The Labute approximate surface area is 58.8 Å². The van der Waals surface area contributed by atoms with Crippen LogP contribution in [0.1, 0.15) is 26.2 Å². The van der Waals surface area contributed by atoms with Crippen molar-refractivity contribution in [1.29, 1.82) is 0 Å². The van der Waals surface area contributed by atoms with Gasteiger partial charge in [-0.05, 0) is 18.8 Å². The molecule has 0 amide bonds. The zero-order chi connectivity index (χ0) is 6.85. The number of hydrogen-bond donors (Lipinski definition) is 0. The van der Waals surface area contributed by atoms with Crippen molar-refractivity contribution in [3.63, 3.8) is 0 Å². The Bertz CT molecular complexity index is 118. The highest BCUT2D eigenvalue weighted by Gasteiger charge is 2.22. The van der Waals surface area contributed by atoms with Gasteiger partial charge in [0.05, 0.1) is 7.85 Å². The van der Waals surface area contributed by atoms with Crippen molar-refractivity contribution < 1.29 is 0 Å². The molecule has 1 rings (SSSR count). The molecule has 1 aliphatic carbocycles. The lowest BCUT2D eigenvalue weighted by molar-refractivity contribution is 0.607. The Kier molecular flexibility index (Phi) is 1.99. The normalized spacial score (nSPS) is 35.4. The predicted molar refractivity (Wildman–Crippen MR) is 41.7 cm³/mol. The second kappa shape index (κ2) is 2.59. The molecule has 2 atom stereocenters. The van der Waals surface area contributed by atoms with E-state index >= 15 is 0 Å². The first-order valence-corrected chi connectivity index (χ1v) is 3.67. The van der Waals surface area contributed by atoms with Crippen LogP contribution < -0.4 is 0 Å². The molecule has 0 saturated heterocycles. The van der Waals surface area contributed by atoms with Crippen molar-refractivity contribution in [2.45, 2.75) is 32.0 Å². The Balaban J connectivity index is 2.48. The summed E-state index contributed by atoms with van der Waals surface area (Å²) in [6.07, 6.45) is 3.43. The summed E-state index contributed by atoms with van der Waals surface area (Å²) in [7, 11) is 5.73. The van der Waals surface area contributed by atoms with E-state index in [1.54, 1.807) is 0 Å². The SMILES string of the molecule is [B][C@@H]1CC(=C)[C@@H](CC)C1. The molecule has 1 saturated carbocycles. The van der Waals surface area contributed by atoms with Gasteiger partial charge in [0.1, 0.15) is 0 Å². The molecule has 2 radical (unpaired) electrons. The maximum atomic E-state index is 5.73. The van der Waals surface area contributed by atoms with Crippen molar-refractivity contribution in [2.24, 2.45) is 5.92 Å². The molecule has 0 spiro atoms. The summed E-state index contributed by atoms with van der Waals surface area (Å²) in [5.74, 6) is 1.13. The highest BCUT2D eigenvalue weighted by molar-refractivity contribution is 6.12. The van der Waals surface area contributed by atoms with Crippen molar-refractivity contribution in [3.8, 4) is 0 Å². The summed E-state index contributed by atoms with van der Waals surface area (Å²) in [5, 5.41) is 0. The van der Waals surface area contributed by atoms with Crippen LogP contribution in [-0.2, 0) is 0 Å². The molecule has 1 heteroatoms. The summed E-state index contributed by atoms with van der Waals surface area (Å²) < 4.78 is 0. The summed E-state index contributed by atoms with van der Waals surface area (Å²) in [6.45, 7) is 6.18. The predicted octanol–water partition coefficient (Wildman–Crippen LogP) is 2.32. The maximum absolute atomic E-state index is 5.73. The minimum absolute atomic E-state index is 0.405. The fraction of sp³-hybridized carbons (Fsp3) is 0.750. The average Bonchev–Trinajstić information content (AvgIpc) is 2.10. The molecule has 0 aliphatic heterocycles. The van der Waals surface area contributed by atoms with Crippen LogP contribution in [0, 0.1) is 5.92 Å². The van der Waals surface area contributed by atoms with Crippen LogP contribution in [0.15, 0.2) is 12.2 Å². The van der Waals surface area contributed by atoms with Crippen molar-refractivity contribution in [3.05, 3.63) is 12.2 Å². The topological polar surface area (TPSA) is 0 Å². The second-order valence-electron chi connectivity index (χ2n) is 2.96. The van der Waals surface area contributed by atoms with Gasteiger partial charge in [0.2, 0.25) is 0 Å². The van der Waals surface area contributed by atoms with Crippen molar-refractivity contribution in [2.75, 3.05) is 0 Å². The summed E-state index contributed by atoms with van der Waals surface area (Å²) in [4.78, 5) is 0. The van der Waals surface area contributed by atoms with Gasteiger partial charge in [0.25, 0.3) is 0 Å². The largest absolute Gasteiger partial charge is 0.0996 e. The van der Waals surface area contributed by atoms with E-state index in [9.17, 15) is 0 Å². The molecule has 1 aliphatic rings. The van der Waals surface area contributed by atoms with Crippen molar-refractivity contribution >= 4 is 7.85 Å². The summed E-state index contributed by atoms with van der Waals surface area (Å²) >= 11 is 0.